The Morgan fingerprint density at radius 1 is 0.441 bits per heavy atom. The summed E-state index contributed by atoms with van der Waals surface area (Å²) in [5, 5.41) is 29.0. The fraction of sp³-hybridized carbons (Fsp3) is 0. The number of para-hydroxylation sites is 1. The lowest BCUT2D eigenvalue weighted by atomic mass is 9.75. The van der Waals surface area contributed by atoms with Crippen LogP contribution in [0.25, 0.3) is 65.4 Å². The molecule has 160 valence electrons. The second-order valence-corrected chi connectivity index (χ2v) is 8.70. The van der Waals surface area contributed by atoms with Crippen molar-refractivity contribution in [3.05, 3.63) is 103 Å². The fourth-order valence-corrected chi connectivity index (χ4v) is 5.42. The van der Waals surface area contributed by atoms with Gasteiger partial charge in [0.2, 0.25) is 0 Å². The van der Waals surface area contributed by atoms with Gasteiger partial charge in [0.1, 0.15) is 11.2 Å². The number of benzene rings is 6. The molecule has 2 N–H and O–H groups in total. The lowest BCUT2D eigenvalue weighted by Gasteiger charge is -2.10. The second-order valence-electron chi connectivity index (χ2n) is 8.70. The van der Waals surface area contributed by atoms with Crippen molar-refractivity contribution in [3.8, 4) is 11.1 Å². The molecule has 0 fully saturated rings. The molecule has 0 unspecified atom stereocenters. The standard InChI is InChI=1S/C30H19BO3/c32-31(33)27-15-6-5-11-21(27)24-13-7-14-25-26-17-16-23-20-10-2-1-8-18(20)19-9-3-4-12-22(19)28(23)30(26)34-29(24)25/h1-17,32-33H. The molecular formula is C30H19BO3. The zero-order chi connectivity index (χ0) is 22.8. The van der Waals surface area contributed by atoms with Crippen molar-refractivity contribution in [2.45, 2.75) is 0 Å². The van der Waals surface area contributed by atoms with Gasteiger partial charge >= 0.3 is 7.12 Å². The Balaban J connectivity index is 1.68. The highest BCUT2D eigenvalue weighted by atomic mass is 16.4. The molecule has 7 rings (SSSR count). The summed E-state index contributed by atoms with van der Waals surface area (Å²) in [5.41, 5.74) is 3.65. The Kier molecular flexibility index (Phi) is 4.10. The molecule has 0 atom stereocenters. The minimum Gasteiger partial charge on any atom is -0.455 e. The van der Waals surface area contributed by atoms with Gasteiger partial charge in [0.05, 0.1) is 0 Å². The molecule has 34 heavy (non-hydrogen) atoms. The maximum atomic E-state index is 9.96. The molecule has 0 aliphatic rings. The summed E-state index contributed by atoms with van der Waals surface area (Å²) >= 11 is 0. The van der Waals surface area contributed by atoms with Crippen molar-refractivity contribution in [1.82, 2.24) is 0 Å². The van der Waals surface area contributed by atoms with Crippen LogP contribution in [0, 0.1) is 0 Å². The van der Waals surface area contributed by atoms with E-state index in [1.54, 1.807) is 6.07 Å². The third kappa shape index (κ3) is 2.61. The normalized spacial score (nSPS) is 11.8. The first kappa shape index (κ1) is 19.4. The first-order valence-electron chi connectivity index (χ1n) is 11.4. The van der Waals surface area contributed by atoms with Crippen LogP contribution in [0.4, 0.5) is 0 Å². The Morgan fingerprint density at radius 2 is 0.941 bits per heavy atom. The predicted octanol–water partition coefficient (Wildman–Crippen LogP) is 6.39. The molecule has 0 aliphatic heterocycles. The van der Waals surface area contributed by atoms with Gasteiger partial charge in [0.15, 0.2) is 0 Å². The summed E-state index contributed by atoms with van der Waals surface area (Å²) in [5.74, 6) is 0. The van der Waals surface area contributed by atoms with Gasteiger partial charge in [-0.05, 0) is 44.0 Å². The predicted molar refractivity (Wildman–Crippen MR) is 141 cm³/mol. The van der Waals surface area contributed by atoms with E-state index >= 15 is 0 Å². The van der Waals surface area contributed by atoms with E-state index in [1.165, 1.54) is 16.2 Å². The van der Waals surface area contributed by atoms with Crippen LogP contribution >= 0.6 is 0 Å². The first-order chi connectivity index (χ1) is 16.7. The van der Waals surface area contributed by atoms with Crippen LogP contribution in [-0.4, -0.2) is 17.2 Å². The average Bonchev–Trinajstić information content (AvgIpc) is 3.27. The monoisotopic (exact) mass is 438 g/mol. The second kappa shape index (κ2) is 7.19. The molecule has 0 aliphatic carbocycles. The number of furan rings is 1. The van der Waals surface area contributed by atoms with Gasteiger partial charge in [0.25, 0.3) is 0 Å². The minimum absolute atomic E-state index is 0.455. The number of fused-ring (bicyclic) bond motifs is 10. The number of hydrogen-bond acceptors (Lipinski definition) is 3. The Morgan fingerprint density at radius 3 is 1.68 bits per heavy atom. The molecular weight excluding hydrogens is 419 g/mol. The van der Waals surface area contributed by atoms with Crippen LogP contribution in [0.5, 0.6) is 0 Å². The molecule has 0 saturated heterocycles. The first-order valence-corrected chi connectivity index (χ1v) is 11.4. The molecule has 1 aromatic heterocycles. The maximum Gasteiger partial charge on any atom is 0.489 e. The third-order valence-electron chi connectivity index (χ3n) is 6.90. The molecule has 0 saturated carbocycles. The third-order valence-corrected chi connectivity index (χ3v) is 6.90. The minimum atomic E-state index is -1.56. The average molecular weight is 438 g/mol. The van der Waals surface area contributed by atoms with E-state index in [4.69, 9.17) is 4.42 Å². The SMILES string of the molecule is OB(O)c1ccccc1-c1cccc2c1oc1c2ccc2c3ccccc3c3ccccc3c21. The summed E-state index contributed by atoms with van der Waals surface area (Å²) in [4.78, 5) is 0. The van der Waals surface area contributed by atoms with E-state index in [0.29, 0.717) is 5.46 Å². The van der Waals surface area contributed by atoms with E-state index in [1.807, 2.05) is 30.3 Å². The van der Waals surface area contributed by atoms with Crippen molar-refractivity contribution in [3.63, 3.8) is 0 Å². The van der Waals surface area contributed by atoms with E-state index < -0.39 is 7.12 Å². The highest BCUT2D eigenvalue weighted by Crippen LogP contribution is 2.43. The molecule has 3 nitrogen and oxygen atoms in total. The molecule has 1 heterocycles. The van der Waals surface area contributed by atoms with Crippen molar-refractivity contribution in [1.29, 1.82) is 0 Å². The van der Waals surface area contributed by atoms with E-state index in [-0.39, 0.29) is 0 Å². The lowest BCUT2D eigenvalue weighted by molar-refractivity contribution is 0.426. The lowest BCUT2D eigenvalue weighted by Crippen LogP contribution is -2.31. The Bertz CT molecular complexity index is 1860. The van der Waals surface area contributed by atoms with Gasteiger partial charge in [-0.25, -0.2) is 0 Å². The summed E-state index contributed by atoms with van der Waals surface area (Å²) < 4.78 is 6.68. The highest BCUT2D eigenvalue weighted by molar-refractivity contribution is 6.60. The van der Waals surface area contributed by atoms with Gasteiger partial charge in [-0.3, -0.25) is 0 Å². The van der Waals surface area contributed by atoms with Crippen LogP contribution in [0.1, 0.15) is 0 Å². The zero-order valence-electron chi connectivity index (χ0n) is 18.2. The fourth-order valence-electron chi connectivity index (χ4n) is 5.42. The van der Waals surface area contributed by atoms with Crippen molar-refractivity contribution in [2.75, 3.05) is 0 Å². The molecule has 0 spiro atoms. The smallest absolute Gasteiger partial charge is 0.455 e. The van der Waals surface area contributed by atoms with E-state index in [0.717, 1.165) is 49.2 Å². The molecule has 7 aromatic rings. The highest BCUT2D eigenvalue weighted by Gasteiger charge is 2.21. The summed E-state index contributed by atoms with van der Waals surface area (Å²) in [6.45, 7) is 0. The molecule has 0 bridgehead atoms. The topological polar surface area (TPSA) is 53.6 Å². The van der Waals surface area contributed by atoms with Gasteiger partial charge in [0, 0.05) is 21.7 Å². The summed E-state index contributed by atoms with van der Waals surface area (Å²) in [6.07, 6.45) is 0. The van der Waals surface area contributed by atoms with Crippen molar-refractivity contribution < 1.29 is 14.5 Å². The molecule has 6 aromatic carbocycles. The number of rotatable bonds is 2. The summed E-state index contributed by atoms with van der Waals surface area (Å²) in [7, 11) is -1.56. The van der Waals surface area contributed by atoms with Crippen molar-refractivity contribution in [2.24, 2.45) is 0 Å². The quantitative estimate of drug-likeness (QED) is 0.243. The van der Waals surface area contributed by atoms with E-state index in [2.05, 4.69) is 66.7 Å². The van der Waals surface area contributed by atoms with E-state index in [9.17, 15) is 10.0 Å². The van der Waals surface area contributed by atoms with Crippen LogP contribution < -0.4 is 5.46 Å². The van der Waals surface area contributed by atoms with Crippen LogP contribution in [0.15, 0.2) is 108 Å². The van der Waals surface area contributed by atoms with Crippen LogP contribution in [-0.2, 0) is 0 Å². The maximum absolute atomic E-state index is 9.96. The Labute approximate surface area is 195 Å². The molecule has 0 amide bonds. The Hall–Kier alpha value is -4.12. The number of hydrogen-bond donors (Lipinski definition) is 2. The van der Waals surface area contributed by atoms with Crippen LogP contribution in [0.2, 0.25) is 0 Å². The van der Waals surface area contributed by atoms with Gasteiger partial charge in [-0.15, -0.1) is 0 Å². The summed E-state index contributed by atoms with van der Waals surface area (Å²) in [6, 6.07) is 34.7. The largest absolute Gasteiger partial charge is 0.489 e. The molecule has 0 radical (unpaired) electrons. The van der Waals surface area contributed by atoms with Gasteiger partial charge < -0.3 is 14.5 Å². The van der Waals surface area contributed by atoms with Gasteiger partial charge in [-0.1, -0.05) is 97.1 Å². The molecule has 4 heteroatoms. The van der Waals surface area contributed by atoms with Crippen LogP contribution in [0.3, 0.4) is 0 Å². The van der Waals surface area contributed by atoms with Crippen molar-refractivity contribution >= 4 is 66.8 Å². The zero-order valence-corrected chi connectivity index (χ0v) is 18.2. The van der Waals surface area contributed by atoms with Gasteiger partial charge in [-0.2, -0.15) is 0 Å².